The van der Waals surface area contributed by atoms with Gasteiger partial charge in [0.15, 0.2) is 0 Å². The molecule has 1 heterocycles. The van der Waals surface area contributed by atoms with Gasteiger partial charge in [-0.15, -0.1) is 0 Å². The van der Waals surface area contributed by atoms with E-state index in [-0.39, 0.29) is 12.6 Å². The summed E-state index contributed by atoms with van der Waals surface area (Å²) in [7, 11) is 0. The van der Waals surface area contributed by atoms with Crippen LogP contribution in [0.25, 0.3) is 0 Å². The minimum atomic E-state index is 0.0392. The van der Waals surface area contributed by atoms with Crippen molar-refractivity contribution in [2.75, 3.05) is 32.8 Å². The first-order valence-electron chi connectivity index (χ1n) is 8.19. The number of rotatable bonds is 6. The summed E-state index contributed by atoms with van der Waals surface area (Å²) in [5, 5.41) is 13.2. The Labute approximate surface area is 137 Å². The van der Waals surface area contributed by atoms with Gasteiger partial charge in [0, 0.05) is 26.2 Å². The largest absolute Gasteiger partial charge is 0.489 e. The van der Waals surface area contributed by atoms with E-state index in [1.807, 2.05) is 36.4 Å². The Morgan fingerprint density at radius 3 is 2.57 bits per heavy atom. The first-order valence-corrected chi connectivity index (χ1v) is 8.19. The fourth-order valence-electron chi connectivity index (χ4n) is 2.98. The fourth-order valence-corrected chi connectivity index (χ4v) is 2.98. The van der Waals surface area contributed by atoms with E-state index >= 15 is 0 Å². The monoisotopic (exact) mass is 312 g/mol. The van der Waals surface area contributed by atoms with Gasteiger partial charge in [-0.3, -0.25) is 4.90 Å². The number of hydrogen-bond acceptors (Lipinski definition) is 4. The molecule has 1 saturated heterocycles. The van der Waals surface area contributed by atoms with Crippen LogP contribution in [0, 0.1) is 0 Å². The zero-order valence-electron chi connectivity index (χ0n) is 13.3. The molecule has 4 nitrogen and oxygen atoms in total. The number of aliphatic hydroxyl groups is 1. The van der Waals surface area contributed by atoms with E-state index in [0.29, 0.717) is 6.61 Å². The normalized spacial score (nSPS) is 16.9. The highest BCUT2D eigenvalue weighted by molar-refractivity contribution is 5.31. The van der Waals surface area contributed by atoms with Crippen molar-refractivity contribution in [1.29, 1.82) is 0 Å². The molecule has 1 fully saturated rings. The Hall–Kier alpha value is -1.88. The Bertz CT molecular complexity index is 597. The topological polar surface area (TPSA) is 44.7 Å². The number of hydrogen-bond donors (Lipinski definition) is 2. The van der Waals surface area contributed by atoms with Crippen LogP contribution in [-0.4, -0.2) is 42.8 Å². The molecule has 23 heavy (non-hydrogen) atoms. The van der Waals surface area contributed by atoms with Crippen molar-refractivity contribution < 1.29 is 9.84 Å². The Morgan fingerprint density at radius 2 is 1.83 bits per heavy atom. The summed E-state index contributed by atoms with van der Waals surface area (Å²) < 4.78 is 5.90. The van der Waals surface area contributed by atoms with Gasteiger partial charge in [0.2, 0.25) is 0 Å². The second-order valence-electron chi connectivity index (χ2n) is 5.83. The molecule has 2 aromatic rings. The lowest BCUT2D eigenvalue weighted by Gasteiger charge is -2.34. The molecule has 0 saturated carbocycles. The number of piperazine rings is 1. The molecule has 1 aliphatic rings. The van der Waals surface area contributed by atoms with Crippen molar-refractivity contribution in [2.45, 2.75) is 12.6 Å². The van der Waals surface area contributed by atoms with Crippen LogP contribution in [0.5, 0.6) is 5.75 Å². The molecule has 3 rings (SSSR count). The van der Waals surface area contributed by atoms with Gasteiger partial charge in [0.05, 0.1) is 12.6 Å². The van der Waals surface area contributed by atoms with E-state index in [2.05, 4.69) is 28.4 Å². The molecule has 2 aromatic carbocycles. The van der Waals surface area contributed by atoms with Gasteiger partial charge in [-0.25, -0.2) is 0 Å². The van der Waals surface area contributed by atoms with E-state index in [0.717, 1.165) is 43.1 Å². The van der Waals surface area contributed by atoms with E-state index in [9.17, 15) is 5.11 Å². The molecule has 0 unspecified atom stereocenters. The summed E-state index contributed by atoms with van der Waals surface area (Å²) in [6.45, 7) is 4.55. The molecule has 0 aliphatic carbocycles. The molecule has 1 aliphatic heterocycles. The molecular formula is C19H24N2O2. The molecule has 0 amide bonds. The highest BCUT2D eigenvalue weighted by atomic mass is 16.5. The van der Waals surface area contributed by atoms with Crippen LogP contribution >= 0.6 is 0 Å². The molecule has 0 bridgehead atoms. The van der Waals surface area contributed by atoms with Crippen molar-refractivity contribution in [3.8, 4) is 5.75 Å². The predicted octanol–water partition coefficient (Wildman–Crippen LogP) is 2.20. The lowest BCUT2D eigenvalue weighted by atomic mass is 10.0. The van der Waals surface area contributed by atoms with Gasteiger partial charge < -0.3 is 15.2 Å². The zero-order valence-corrected chi connectivity index (χ0v) is 13.3. The van der Waals surface area contributed by atoms with Gasteiger partial charge in [-0.2, -0.15) is 0 Å². The van der Waals surface area contributed by atoms with Gasteiger partial charge >= 0.3 is 0 Å². The molecule has 1 atom stereocenters. The standard InChI is InChI=1S/C19H24N2O2/c22-14-19(21-11-9-20-10-12-21)17-7-4-8-18(13-17)23-15-16-5-2-1-3-6-16/h1-8,13,19-20,22H,9-12,14-15H2/t19-/m1/s1. The third kappa shape index (κ3) is 4.32. The van der Waals surface area contributed by atoms with Crippen molar-refractivity contribution >= 4 is 0 Å². The third-order valence-corrected chi connectivity index (χ3v) is 4.26. The van der Waals surface area contributed by atoms with Crippen LogP contribution in [0.2, 0.25) is 0 Å². The Balaban J connectivity index is 1.68. The average molecular weight is 312 g/mol. The predicted molar refractivity (Wildman–Crippen MR) is 91.5 cm³/mol. The molecule has 0 aromatic heterocycles. The third-order valence-electron chi connectivity index (χ3n) is 4.26. The molecular weight excluding hydrogens is 288 g/mol. The number of benzene rings is 2. The van der Waals surface area contributed by atoms with Crippen LogP contribution < -0.4 is 10.1 Å². The second-order valence-corrected chi connectivity index (χ2v) is 5.83. The average Bonchev–Trinajstić information content (AvgIpc) is 2.63. The summed E-state index contributed by atoms with van der Waals surface area (Å²) in [5.74, 6) is 0.847. The van der Waals surface area contributed by atoms with Gasteiger partial charge in [0.1, 0.15) is 12.4 Å². The van der Waals surface area contributed by atoms with Gasteiger partial charge in [-0.05, 0) is 23.3 Å². The zero-order chi connectivity index (χ0) is 15.9. The maximum absolute atomic E-state index is 9.83. The fraction of sp³-hybridized carbons (Fsp3) is 0.368. The molecule has 0 spiro atoms. The lowest BCUT2D eigenvalue weighted by Crippen LogP contribution is -2.46. The van der Waals surface area contributed by atoms with Gasteiger partial charge in [-0.1, -0.05) is 42.5 Å². The summed E-state index contributed by atoms with van der Waals surface area (Å²) in [6.07, 6.45) is 0. The highest BCUT2D eigenvalue weighted by Crippen LogP contribution is 2.25. The molecule has 122 valence electrons. The maximum atomic E-state index is 9.83. The number of nitrogens with one attached hydrogen (secondary N) is 1. The minimum absolute atomic E-state index is 0.0392. The van der Waals surface area contributed by atoms with Crippen molar-refractivity contribution in [2.24, 2.45) is 0 Å². The molecule has 2 N–H and O–H groups in total. The van der Waals surface area contributed by atoms with Crippen molar-refractivity contribution in [3.05, 3.63) is 65.7 Å². The smallest absolute Gasteiger partial charge is 0.120 e. The quantitative estimate of drug-likeness (QED) is 0.858. The van der Waals surface area contributed by atoms with E-state index in [1.54, 1.807) is 0 Å². The second kappa shape index (κ2) is 8.11. The van der Waals surface area contributed by atoms with Crippen molar-refractivity contribution in [1.82, 2.24) is 10.2 Å². The highest BCUT2D eigenvalue weighted by Gasteiger charge is 2.21. The van der Waals surface area contributed by atoms with Crippen LogP contribution in [-0.2, 0) is 6.61 Å². The number of ether oxygens (including phenoxy) is 1. The maximum Gasteiger partial charge on any atom is 0.120 e. The summed E-state index contributed by atoms with van der Waals surface area (Å²) >= 11 is 0. The molecule has 0 radical (unpaired) electrons. The number of nitrogens with zero attached hydrogens (tertiary/aromatic N) is 1. The van der Waals surface area contributed by atoms with Crippen LogP contribution in [0.4, 0.5) is 0 Å². The minimum Gasteiger partial charge on any atom is -0.489 e. The Morgan fingerprint density at radius 1 is 1.04 bits per heavy atom. The lowest BCUT2D eigenvalue weighted by molar-refractivity contribution is 0.110. The van der Waals surface area contributed by atoms with Gasteiger partial charge in [0.25, 0.3) is 0 Å². The molecule has 4 heteroatoms. The first-order chi connectivity index (χ1) is 11.4. The summed E-state index contributed by atoms with van der Waals surface area (Å²) in [4.78, 5) is 2.33. The van der Waals surface area contributed by atoms with Crippen molar-refractivity contribution in [3.63, 3.8) is 0 Å². The summed E-state index contributed by atoms with van der Waals surface area (Å²) in [5.41, 5.74) is 2.26. The van der Waals surface area contributed by atoms with E-state index in [1.165, 1.54) is 0 Å². The van der Waals surface area contributed by atoms with Crippen LogP contribution in [0.3, 0.4) is 0 Å². The van der Waals surface area contributed by atoms with E-state index < -0.39 is 0 Å². The first kappa shape index (κ1) is 16.0. The Kier molecular flexibility index (Phi) is 5.64. The SMILES string of the molecule is OC[C@H](c1cccc(OCc2ccccc2)c1)N1CCNCC1. The number of aliphatic hydroxyl groups excluding tert-OH is 1. The van der Waals surface area contributed by atoms with Crippen LogP contribution in [0.15, 0.2) is 54.6 Å². The van der Waals surface area contributed by atoms with E-state index in [4.69, 9.17) is 4.74 Å². The van der Waals surface area contributed by atoms with Crippen LogP contribution in [0.1, 0.15) is 17.2 Å². The summed E-state index contributed by atoms with van der Waals surface area (Å²) in [6, 6.07) is 18.3.